The molecule has 0 saturated carbocycles. The van der Waals surface area contributed by atoms with Crippen LogP contribution >= 0.6 is 11.6 Å². The van der Waals surface area contributed by atoms with E-state index in [4.69, 9.17) is 16.7 Å². The first kappa shape index (κ1) is 16.2. The maximum atomic E-state index is 13.0. The molecule has 0 aromatic heterocycles. The van der Waals surface area contributed by atoms with E-state index in [0.29, 0.717) is 12.0 Å². The number of hydrogen-bond donors (Lipinski definition) is 1. The number of sulfone groups is 1. The van der Waals surface area contributed by atoms with E-state index in [2.05, 4.69) is 0 Å². The van der Waals surface area contributed by atoms with Crippen LogP contribution in [0.1, 0.15) is 12.0 Å². The van der Waals surface area contributed by atoms with Crippen LogP contribution in [-0.4, -0.2) is 48.5 Å². The van der Waals surface area contributed by atoms with E-state index < -0.39 is 21.6 Å². The highest BCUT2D eigenvalue weighted by Crippen LogP contribution is 2.23. The highest BCUT2D eigenvalue weighted by atomic mass is 35.5. The third kappa shape index (κ3) is 4.39. The van der Waals surface area contributed by atoms with E-state index in [1.54, 1.807) is 4.90 Å². The second-order valence-corrected chi connectivity index (χ2v) is 7.73. The Kier molecular flexibility index (Phi) is 4.85. The van der Waals surface area contributed by atoms with Gasteiger partial charge in [-0.15, -0.1) is 0 Å². The van der Waals surface area contributed by atoms with Gasteiger partial charge in [-0.05, 0) is 24.1 Å². The van der Waals surface area contributed by atoms with Crippen LogP contribution in [0.2, 0.25) is 5.02 Å². The second-order valence-electron chi connectivity index (χ2n) is 5.09. The van der Waals surface area contributed by atoms with E-state index >= 15 is 0 Å². The van der Waals surface area contributed by atoms with Crippen LogP contribution in [0.4, 0.5) is 4.39 Å². The summed E-state index contributed by atoms with van der Waals surface area (Å²) in [6.45, 7) is -0.112. The zero-order valence-corrected chi connectivity index (χ0v) is 12.7. The molecule has 1 fully saturated rings. The lowest BCUT2D eigenvalue weighted by molar-refractivity contribution is -0.139. The Morgan fingerprint density at radius 1 is 1.48 bits per heavy atom. The fourth-order valence-electron chi connectivity index (χ4n) is 2.42. The summed E-state index contributed by atoms with van der Waals surface area (Å²) in [6.07, 6.45) is 0.397. The Morgan fingerprint density at radius 3 is 2.71 bits per heavy atom. The van der Waals surface area contributed by atoms with Crippen molar-refractivity contribution in [2.75, 3.05) is 18.1 Å². The number of nitrogens with zero attached hydrogens (tertiary/aromatic N) is 1. The molecule has 21 heavy (non-hydrogen) atoms. The van der Waals surface area contributed by atoms with Gasteiger partial charge in [-0.3, -0.25) is 9.69 Å². The summed E-state index contributed by atoms with van der Waals surface area (Å²) in [6, 6.07) is 3.52. The van der Waals surface area contributed by atoms with Crippen LogP contribution < -0.4 is 0 Å². The quantitative estimate of drug-likeness (QED) is 0.883. The maximum Gasteiger partial charge on any atom is 0.317 e. The summed E-state index contributed by atoms with van der Waals surface area (Å²) in [7, 11) is -3.11. The lowest BCUT2D eigenvalue weighted by Gasteiger charge is -2.26. The average molecular weight is 336 g/mol. The summed E-state index contributed by atoms with van der Waals surface area (Å²) >= 11 is 5.94. The maximum absolute atomic E-state index is 13.0. The Labute approximate surface area is 127 Å². The molecule has 0 spiro atoms. The third-order valence-electron chi connectivity index (χ3n) is 3.45. The molecule has 1 aliphatic rings. The van der Waals surface area contributed by atoms with Crippen molar-refractivity contribution >= 4 is 27.4 Å². The van der Waals surface area contributed by atoms with Crippen molar-refractivity contribution in [3.63, 3.8) is 0 Å². The number of carbonyl (C=O) groups is 1. The van der Waals surface area contributed by atoms with Crippen LogP contribution in [0.5, 0.6) is 0 Å². The SMILES string of the molecule is O=C(O)CN(Cc1ccc(F)cc1Cl)C1CCS(=O)(=O)C1. The molecule has 0 aliphatic carbocycles. The fraction of sp³-hybridized carbons (Fsp3) is 0.462. The molecule has 1 aliphatic heterocycles. The molecule has 1 unspecified atom stereocenters. The minimum Gasteiger partial charge on any atom is -0.480 e. The van der Waals surface area contributed by atoms with Crippen LogP contribution in [0.3, 0.4) is 0 Å². The van der Waals surface area contributed by atoms with E-state index in [-0.39, 0.29) is 35.7 Å². The highest BCUT2D eigenvalue weighted by molar-refractivity contribution is 7.91. The molecule has 2 rings (SSSR count). The predicted molar refractivity (Wildman–Crippen MR) is 76.5 cm³/mol. The molecule has 0 amide bonds. The third-order valence-corrected chi connectivity index (χ3v) is 5.55. The van der Waals surface area contributed by atoms with Gasteiger partial charge < -0.3 is 5.11 Å². The summed E-state index contributed by atoms with van der Waals surface area (Å²) in [5, 5.41) is 9.18. The lowest BCUT2D eigenvalue weighted by Crippen LogP contribution is -2.39. The summed E-state index contributed by atoms with van der Waals surface area (Å²) in [5.74, 6) is -1.51. The van der Waals surface area contributed by atoms with Crippen LogP contribution in [-0.2, 0) is 21.2 Å². The Hall–Kier alpha value is -1.18. The zero-order valence-electron chi connectivity index (χ0n) is 11.1. The minimum atomic E-state index is -3.11. The van der Waals surface area contributed by atoms with Gasteiger partial charge in [-0.2, -0.15) is 0 Å². The van der Waals surface area contributed by atoms with Gasteiger partial charge in [-0.25, -0.2) is 12.8 Å². The van der Waals surface area contributed by atoms with E-state index in [9.17, 15) is 17.6 Å². The summed E-state index contributed by atoms with van der Waals surface area (Å²) in [4.78, 5) is 12.5. The number of halogens is 2. The highest BCUT2D eigenvalue weighted by Gasteiger charge is 2.33. The normalized spacial score (nSPS) is 20.8. The van der Waals surface area contributed by atoms with E-state index in [1.165, 1.54) is 12.1 Å². The van der Waals surface area contributed by atoms with E-state index in [1.807, 2.05) is 0 Å². The van der Waals surface area contributed by atoms with Crippen molar-refractivity contribution in [2.45, 2.75) is 19.0 Å². The Balaban J connectivity index is 2.18. The van der Waals surface area contributed by atoms with Gasteiger partial charge in [0.2, 0.25) is 0 Å². The molecule has 0 bridgehead atoms. The van der Waals surface area contributed by atoms with Crippen molar-refractivity contribution < 1.29 is 22.7 Å². The lowest BCUT2D eigenvalue weighted by atomic mass is 10.1. The summed E-state index contributed by atoms with van der Waals surface area (Å²) < 4.78 is 36.1. The number of rotatable bonds is 5. The van der Waals surface area contributed by atoms with E-state index in [0.717, 1.165) is 6.07 Å². The molecule has 1 atom stereocenters. The first-order valence-corrected chi connectivity index (χ1v) is 8.57. The molecular weight excluding hydrogens is 321 g/mol. The molecular formula is C13H15ClFNO4S. The zero-order chi connectivity index (χ0) is 15.6. The number of carboxylic acids is 1. The molecule has 1 aromatic rings. The fourth-order valence-corrected chi connectivity index (χ4v) is 4.41. The first-order chi connectivity index (χ1) is 9.77. The molecule has 116 valence electrons. The molecule has 1 aromatic carbocycles. The smallest absolute Gasteiger partial charge is 0.317 e. The van der Waals surface area contributed by atoms with Crippen molar-refractivity contribution in [2.24, 2.45) is 0 Å². The Bertz CT molecular complexity index is 650. The van der Waals surface area contributed by atoms with Gasteiger partial charge in [-0.1, -0.05) is 17.7 Å². The van der Waals surface area contributed by atoms with Gasteiger partial charge in [0.15, 0.2) is 9.84 Å². The monoisotopic (exact) mass is 335 g/mol. The summed E-state index contributed by atoms with van der Waals surface area (Å²) in [5.41, 5.74) is 0.573. The topological polar surface area (TPSA) is 74.7 Å². The largest absolute Gasteiger partial charge is 0.480 e. The molecule has 5 nitrogen and oxygen atoms in total. The average Bonchev–Trinajstić information content (AvgIpc) is 2.71. The number of carboxylic acid groups (broad SMARTS) is 1. The van der Waals surface area contributed by atoms with Crippen molar-refractivity contribution in [1.82, 2.24) is 4.90 Å². The molecule has 8 heteroatoms. The number of aliphatic carboxylic acids is 1. The molecule has 1 heterocycles. The molecule has 1 saturated heterocycles. The number of benzene rings is 1. The van der Waals surface area contributed by atoms with Gasteiger partial charge in [0.05, 0.1) is 18.1 Å². The van der Waals surface area contributed by atoms with Crippen LogP contribution in [0, 0.1) is 5.82 Å². The van der Waals surface area contributed by atoms with Crippen molar-refractivity contribution in [3.05, 3.63) is 34.6 Å². The van der Waals surface area contributed by atoms with Gasteiger partial charge in [0, 0.05) is 17.6 Å². The standard InChI is InChI=1S/C13H15ClFNO4S/c14-12-5-10(15)2-1-9(12)6-16(7-13(17)18)11-3-4-21(19,20)8-11/h1-2,5,11H,3-4,6-8H2,(H,17,18). The molecule has 0 radical (unpaired) electrons. The van der Waals surface area contributed by atoms with Gasteiger partial charge >= 0.3 is 5.97 Å². The molecule has 1 N–H and O–H groups in total. The second kappa shape index (κ2) is 6.29. The predicted octanol–water partition coefficient (Wildman–Crippen LogP) is 1.55. The van der Waals surface area contributed by atoms with Crippen molar-refractivity contribution in [3.8, 4) is 0 Å². The van der Waals surface area contributed by atoms with Crippen LogP contribution in [0.15, 0.2) is 18.2 Å². The van der Waals surface area contributed by atoms with Gasteiger partial charge in [0.25, 0.3) is 0 Å². The first-order valence-electron chi connectivity index (χ1n) is 6.37. The Morgan fingerprint density at radius 2 is 2.19 bits per heavy atom. The van der Waals surface area contributed by atoms with Crippen molar-refractivity contribution in [1.29, 1.82) is 0 Å². The minimum absolute atomic E-state index is 0.0565. The van der Waals surface area contributed by atoms with Crippen LogP contribution in [0.25, 0.3) is 0 Å². The van der Waals surface area contributed by atoms with Gasteiger partial charge in [0.1, 0.15) is 5.82 Å². The number of hydrogen-bond acceptors (Lipinski definition) is 4.